The summed E-state index contributed by atoms with van der Waals surface area (Å²) in [6, 6.07) is 33.6. The van der Waals surface area contributed by atoms with E-state index in [2.05, 4.69) is 9.68 Å². The summed E-state index contributed by atoms with van der Waals surface area (Å²) >= 11 is 0. The lowest BCUT2D eigenvalue weighted by Gasteiger charge is -2.30. The third-order valence-corrected chi connectivity index (χ3v) is 7.79. The summed E-state index contributed by atoms with van der Waals surface area (Å²) in [6.45, 7) is 0.656. The van der Waals surface area contributed by atoms with E-state index in [1.165, 1.54) is 6.07 Å². The van der Waals surface area contributed by atoms with Gasteiger partial charge in [0.25, 0.3) is 0 Å². The molecular formula is C35H38N2O7S. The third kappa shape index (κ3) is 11.5. The second-order valence-corrected chi connectivity index (χ2v) is 11.3. The molecule has 4 aromatic rings. The normalized spacial score (nSPS) is 16.4. The fourth-order valence-electron chi connectivity index (χ4n) is 5.06. The highest BCUT2D eigenvalue weighted by Gasteiger charge is 2.23. The van der Waals surface area contributed by atoms with Crippen LogP contribution in [-0.4, -0.2) is 49.9 Å². The van der Waals surface area contributed by atoms with E-state index in [1.807, 2.05) is 78.9 Å². The minimum absolute atomic E-state index is 0.0302. The first-order valence-electron chi connectivity index (χ1n) is 14.9. The summed E-state index contributed by atoms with van der Waals surface area (Å²) in [5, 5.41) is 22.9. The number of ether oxygens (including phenoxy) is 2. The molecule has 236 valence electrons. The van der Waals surface area contributed by atoms with Crippen LogP contribution in [0.3, 0.4) is 0 Å². The van der Waals surface area contributed by atoms with Gasteiger partial charge in [0.05, 0.1) is 5.56 Å². The van der Waals surface area contributed by atoms with Gasteiger partial charge in [-0.2, -0.15) is 8.42 Å². The molecule has 0 aromatic heterocycles. The van der Waals surface area contributed by atoms with Crippen molar-refractivity contribution in [1.29, 1.82) is 0 Å². The molecule has 0 saturated heterocycles. The van der Waals surface area contributed by atoms with Crippen LogP contribution in [0.25, 0.3) is 0 Å². The average molecular weight is 631 g/mol. The van der Waals surface area contributed by atoms with Crippen LogP contribution in [0.4, 0.5) is 5.69 Å². The van der Waals surface area contributed by atoms with Crippen LogP contribution >= 0.6 is 0 Å². The summed E-state index contributed by atoms with van der Waals surface area (Å²) in [6.07, 6.45) is 3.14. The highest BCUT2D eigenvalue weighted by atomic mass is 32.2. The number of aromatic carboxylic acids is 1. The minimum atomic E-state index is -2.66. The molecule has 1 aliphatic carbocycles. The number of rotatable bonds is 12. The van der Waals surface area contributed by atoms with Gasteiger partial charge in [0.2, 0.25) is 0 Å². The van der Waals surface area contributed by atoms with E-state index in [0.717, 1.165) is 36.8 Å². The number of carbonyl (C=O) groups is 1. The molecule has 9 nitrogen and oxygen atoms in total. The monoisotopic (exact) mass is 630 g/mol. The maximum absolute atomic E-state index is 11.2. The van der Waals surface area contributed by atoms with E-state index in [-0.39, 0.29) is 24.9 Å². The largest absolute Gasteiger partial charge is 0.491 e. The van der Waals surface area contributed by atoms with E-state index < -0.39 is 22.6 Å². The van der Waals surface area contributed by atoms with Crippen molar-refractivity contribution in [2.75, 3.05) is 13.2 Å². The van der Waals surface area contributed by atoms with E-state index >= 15 is 0 Å². The number of hydrogen-bond donors (Lipinski definition) is 3. The van der Waals surface area contributed by atoms with Crippen LogP contribution in [0.1, 0.15) is 53.1 Å². The first-order valence-corrected chi connectivity index (χ1v) is 15.9. The van der Waals surface area contributed by atoms with E-state index in [1.54, 1.807) is 24.3 Å². The van der Waals surface area contributed by atoms with Gasteiger partial charge in [-0.15, -0.1) is 4.36 Å². The van der Waals surface area contributed by atoms with Crippen LogP contribution in [0, 0.1) is 0 Å². The number of hydrogen-bond acceptors (Lipinski definition) is 8. The van der Waals surface area contributed by atoms with E-state index in [0.29, 0.717) is 29.5 Å². The van der Waals surface area contributed by atoms with Crippen LogP contribution in [0.2, 0.25) is 0 Å². The molecule has 5 rings (SSSR count). The fourth-order valence-corrected chi connectivity index (χ4v) is 5.37. The van der Waals surface area contributed by atoms with Gasteiger partial charge in [0.15, 0.2) is 0 Å². The molecule has 0 radical (unpaired) electrons. The predicted octanol–water partition coefficient (Wildman–Crippen LogP) is 6.40. The maximum atomic E-state index is 11.2. The van der Waals surface area contributed by atoms with Crippen LogP contribution in [0.15, 0.2) is 114 Å². The SMILES string of the molecule is O=C(O)c1ccc(C2CCC(NC[C@H](O)COc3ccc(OCc4ccccc4)c(N=S(=O)=O)c3)CC2)cc1.c1ccccc1. The Balaban J connectivity index is 0.000000687. The van der Waals surface area contributed by atoms with Crippen molar-refractivity contribution in [1.82, 2.24) is 5.32 Å². The van der Waals surface area contributed by atoms with Crippen molar-refractivity contribution >= 4 is 22.2 Å². The molecule has 0 spiro atoms. The minimum Gasteiger partial charge on any atom is -0.491 e. The van der Waals surface area contributed by atoms with Gasteiger partial charge in [-0.05, 0) is 67.0 Å². The molecule has 0 aliphatic heterocycles. The second-order valence-electron chi connectivity index (χ2n) is 10.7. The molecule has 0 unspecified atom stereocenters. The Morgan fingerprint density at radius 2 is 1.47 bits per heavy atom. The Hall–Kier alpha value is -4.51. The van der Waals surface area contributed by atoms with Gasteiger partial charge in [0.1, 0.15) is 36.5 Å². The predicted molar refractivity (Wildman–Crippen MR) is 173 cm³/mol. The van der Waals surface area contributed by atoms with Crippen molar-refractivity contribution in [2.45, 2.75) is 50.4 Å². The lowest BCUT2D eigenvalue weighted by molar-refractivity contribution is 0.0696. The van der Waals surface area contributed by atoms with Crippen molar-refractivity contribution in [3.63, 3.8) is 0 Å². The number of carboxylic acids is 1. The zero-order valence-corrected chi connectivity index (χ0v) is 25.7. The smallest absolute Gasteiger partial charge is 0.335 e. The van der Waals surface area contributed by atoms with Crippen molar-refractivity contribution in [2.24, 2.45) is 4.36 Å². The quantitative estimate of drug-likeness (QED) is 0.164. The van der Waals surface area contributed by atoms with Crippen LogP contribution in [0.5, 0.6) is 11.5 Å². The zero-order valence-electron chi connectivity index (χ0n) is 24.9. The summed E-state index contributed by atoms with van der Waals surface area (Å²) in [7, 11) is -2.66. The highest BCUT2D eigenvalue weighted by Crippen LogP contribution is 2.34. The number of aliphatic hydroxyl groups is 1. The standard InChI is InChI=1S/C29H32N2O7S.C6H6/c32-25(17-30-24-12-10-22(11-13-24)21-6-8-23(9-7-21)29(33)34)19-37-26-14-15-28(27(16-26)31-39(35)36)38-18-20-4-2-1-3-5-20;1-2-4-6-5-3-1/h1-9,14-16,22,24-25,30,32H,10-13,17-19H2,(H,33,34);1-6H/t22?,24?,25-;/m0./s1. The molecule has 0 amide bonds. The fraction of sp³-hybridized carbons (Fsp3) is 0.286. The molecule has 1 fully saturated rings. The summed E-state index contributed by atoms with van der Waals surface area (Å²) in [5.74, 6) is 0.170. The van der Waals surface area contributed by atoms with Gasteiger partial charge < -0.3 is 25.0 Å². The van der Waals surface area contributed by atoms with Gasteiger partial charge in [0, 0.05) is 18.7 Å². The Morgan fingerprint density at radius 3 is 2.07 bits per heavy atom. The summed E-state index contributed by atoms with van der Waals surface area (Å²) in [4.78, 5) is 11.1. The first kappa shape index (κ1) is 33.4. The van der Waals surface area contributed by atoms with Crippen LogP contribution < -0.4 is 14.8 Å². The number of benzene rings is 4. The van der Waals surface area contributed by atoms with Crippen molar-refractivity contribution < 1.29 is 32.9 Å². The maximum Gasteiger partial charge on any atom is 0.335 e. The van der Waals surface area contributed by atoms with Crippen LogP contribution in [-0.2, 0) is 17.1 Å². The van der Waals surface area contributed by atoms with Gasteiger partial charge in [-0.25, -0.2) is 4.79 Å². The number of aliphatic hydroxyl groups excluding tert-OH is 1. The van der Waals surface area contributed by atoms with Crippen molar-refractivity contribution in [3.05, 3.63) is 126 Å². The Bertz CT molecular complexity index is 1570. The topological polar surface area (TPSA) is 135 Å². The Morgan fingerprint density at radius 1 is 0.844 bits per heavy atom. The number of carboxylic acid groups (broad SMARTS) is 1. The average Bonchev–Trinajstić information content (AvgIpc) is 3.07. The third-order valence-electron chi connectivity index (χ3n) is 7.45. The van der Waals surface area contributed by atoms with Crippen molar-refractivity contribution in [3.8, 4) is 11.5 Å². The number of nitrogens with zero attached hydrogens (tertiary/aromatic N) is 1. The number of nitrogens with one attached hydrogen (secondary N) is 1. The Kier molecular flexibility index (Phi) is 13.1. The zero-order chi connectivity index (χ0) is 31.9. The summed E-state index contributed by atoms with van der Waals surface area (Å²) in [5.41, 5.74) is 2.52. The Labute approximate surface area is 265 Å². The molecule has 1 saturated carbocycles. The van der Waals surface area contributed by atoms with Gasteiger partial charge >= 0.3 is 16.5 Å². The van der Waals surface area contributed by atoms with E-state index in [9.17, 15) is 18.3 Å². The first-order chi connectivity index (χ1) is 21.9. The lowest BCUT2D eigenvalue weighted by atomic mass is 9.81. The second kappa shape index (κ2) is 17.7. The molecule has 1 aliphatic rings. The van der Waals surface area contributed by atoms with Gasteiger partial charge in [-0.1, -0.05) is 78.9 Å². The molecule has 4 aromatic carbocycles. The highest BCUT2D eigenvalue weighted by molar-refractivity contribution is 7.61. The molecular weight excluding hydrogens is 592 g/mol. The molecule has 0 heterocycles. The summed E-state index contributed by atoms with van der Waals surface area (Å²) < 4.78 is 37.5. The molecule has 45 heavy (non-hydrogen) atoms. The van der Waals surface area contributed by atoms with E-state index in [4.69, 9.17) is 14.6 Å². The molecule has 0 bridgehead atoms. The lowest BCUT2D eigenvalue weighted by Crippen LogP contribution is -2.39. The molecule has 1 atom stereocenters. The molecule has 3 N–H and O–H groups in total. The van der Waals surface area contributed by atoms with Gasteiger partial charge in [-0.3, -0.25) is 0 Å². The molecule has 10 heteroatoms.